The molecule has 3 aromatic heterocycles. The van der Waals surface area contributed by atoms with E-state index < -0.39 is 24.5 Å². The number of likely N-dealkylation sites (tertiary alicyclic amines) is 1. The third kappa shape index (κ3) is 5.14. The molecule has 3 aromatic rings. The number of rotatable bonds is 5. The maximum absolute atomic E-state index is 13.6. The number of nitrogens with zero attached hydrogens (tertiary/aromatic N) is 6. The summed E-state index contributed by atoms with van der Waals surface area (Å²) in [4.78, 5) is 48.9. The second kappa shape index (κ2) is 10.8. The number of piperidine rings is 1. The topological polar surface area (TPSA) is 109 Å². The molecule has 1 aliphatic carbocycles. The smallest absolute Gasteiger partial charge is 0.343 e. The fourth-order valence-electron chi connectivity index (χ4n) is 6.33. The minimum atomic E-state index is -4.61. The summed E-state index contributed by atoms with van der Waals surface area (Å²) in [5, 5.41) is 6.08. The van der Waals surface area contributed by atoms with Gasteiger partial charge in [0.25, 0.3) is 0 Å². The highest BCUT2D eigenvalue weighted by Gasteiger charge is 2.39. The van der Waals surface area contributed by atoms with E-state index in [1.807, 2.05) is 13.0 Å². The monoisotopic (exact) mass is 603 g/mol. The zero-order chi connectivity index (χ0) is 29.8. The Morgan fingerprint density at radius 3 is 2.69 bits per heavy atom. The Balaban J connectivity index is 1.25. The Kier molecular flexibility index (Phi) is 7.24. The molecule has 0 unspecified atom stereocenters. The molecule has 5 heterocycles. The summed E-state index contributed by atoms with van der Waals surface area (Å²) in [6.45, 7) is 1.45. The molecule has 2 aliphatic heterocycles. The van der Waals surface area contributed by atoms with Crippen LogP contribution in [0, 0.1) is 5.92 Å². The van der Waals surface area contributed by atoms with Gasteiger partial charge >= 0.3 is 11.9 Å². The molecule has 1 atom stereocenters. The van der Waals surface area contributed by atoms with Crippen LogP contribution in [0.4, 0.5) is 13.2 Å². The van der Waals surface area contributed by atoms with Crippen LogP contribution in [0.15, 0.2) is 41.0 Å². The lowest BCUT2D eigenvalue weighted by molar-refractivity contribution is -0.162. The van der Waals surface area contributed by atoms with E-state index in [9.17, 15) is 27.6 Å². The van der Waals surface area contributed by atoms with E-state index >= 15 is 0 Å². The van der Waals surface area contributed by atoms with Gasteiger partial charge in [-0.1, -0.05) is 17.7 Å². The van der Waals surface area contributed by atoms with Crippen LogP contribution in [-0.4, -0.2) is 78.3 Å². The molecule has 0 aromatic carbocycles. The molecule has 1 N–H and O–H groups in total. The molecule has 1 saturated heterocycles. The third-order valence-corrected chi connectivity index (χ3v) is 8.58. The normalized spacial score (nSPS) is 20.1. The molecule has 2 amide bonds. The number of aromatic nitrogens is 5. The van der Waals surface area contributed by atoms with Crippen LogP contribution in [0.1, 0.15) is 38.6 Å². The third-order valence-electron chi connectivity index (χ3n) is 8.27. The number of halogens is 4. The van der Waals surface area contributed by atoms with E-state index in [4.69, 9.17) is 11.6 Å². The number of nitrogens with one attached hydrogen (secondary N) is 1. The highest BCUT2D eigenvalue weighted by atomic mass is 35.5. The van der Waals surface area contributed by atoms with Gasteiger partial charge in [-0.2, -0.15) is 18.3 Å². The molecule has 0 saturated carbocycles. The Labute approximate surface area is 242 Å². The zero-order valence-corrected chi connectivity index (χ0v) is 23.6. The zero-order valence-electron chi connectivity index (χ0n) is 22.8. The predicted molar refractivity (Wildman–Crippen MR) is 148 cm³/mol. The average Bonchev–Trinajstić information content (AvgIpc) is 3.50. The number of carbonyl (C=O) groups is 2. The van der Waals surface area contributed by atoms with Crippen molar-refractivity contribution >= 4 is 45.2 Å². The Morgan fingerprint density at radius 2 is 1.98 bits per heavy atom. The summed E-state index contributed by atoms with van der Waals surface area (Å²) in [5.74, 6) is -2.14. The molecular formula is C28H29ClF3N7O3. The van der Waals surface area contributed by atoms with E-state index in [-0.39, 0.29) is 37.0 Å². The largest absolute Gasteiger partial charge is 0.406 e. The number of hydrogen-bond acceptors (Lipinski definition) is 5. The molecule has 222 valence electrons. The molecule has 0 radical (unpaired) electrons. The van der Waals surface area contributed by atoms with Crippen molar-refractivity contribution in [1.82, 2.24) is 34.1 Å². The van der Waals surface area contributed by atoms with E-state index in [0.717, 1.165) is 4.90 Å². The fourth-order valence-corrected chi connectivity index (χ4v) is 6.68. The molecule has 0 bridgehead atoms. The number of alkyl halides is 3. The minimum absolute atomic E-state index is 0.140. The standard InChI is InChI=1S/C28H29ClF3N7O3/c1-2-38-24-19(13-34-38)20-14-37(15-28(30,31)32)26(41)17(10-16(20)11-21(24)29)12-23(40)36-8-5-18(6-9-36)39-22-4-3-7-33-25(22)35-27(39)42/h3-4,7,10,13,17-18H,2,5-6,8-9,11-12,14-15H2,1H3,(H,33,35,42)/t17-/m1/s1. The van der Waals surface area contributed by atoms with Crippen LogP contribution in [0.25, 0.3) is 21.8 Å². The maximum Gasteiger partial charge on any atom is 0.406 e. The van der Waals surface area contributed by atoms with Gasteiger partial charge in [0.1, 0.15) is 6.54 Å². The summed E-state index contributed by atoms with van der Waals surface area (Å²) in [6, 6.07) is 3.42. The van der Waals surface area contributed by atoms with Gasteiger partial charge < -0.3 is 9.80 Å². The van der Waals surface area contributed by atoms with Crippen molar-refractivity contribution in [2.75, 3.05) is 26.2 Å². The average molecular weight is 604 g/mol. The van der Waals surface area contributed by atoms with Crippen molar-refractivity contribution in [3.05, 3.63) is 57.2 Å². The van der Waals surface area contributed by atoms with Crippen LogP contribution >= 0.6 is 11.6 Å². The van der Waals surface area contributed by atoms with Crippen molar-refractivity contribution in [3.8, 4) is 0 Å². The Bertz CT molecular complexity index is 1780. The van der Waals surface area contributed by atoms with Crippen molar-refractivity contribution < 1.29 is 22.8 Å². The SMILES string of the molecule is CCn1ncc2c1=C(Cl)CC1=C[C@H](CC(=O)N3CCC(n4c(=O)[nH]c5ncccc54)CC3)C(=O)N(CC(F)(F)F)CC=21. The van der Waals surface area contributed by atoms with Gasteiger partial charge in [0, 0.05) is 61.5 Å². The molecular weight excluding hydrogens is 575 g/mol. The summed E-state index contributed by atoms with van der Waals surface area (Å²) in [7, 11) is 0. The predicted octanol–water partition coefficient (Wildman–Crippen LogP) is 2.04. The first-order chi connectivity index (χ1) is 20.0. The molecule has 0 spiro atoms. The van der Waals surface area contributed by atoms with Crippen LogP contribution in [0.3, 0.4) is 0 Å². The van der Waals surface area contributed by atoms with Gasteiger partial charge in [0.05, 0.1) is 23.0 Å². The number of carbonyl (C=O) groups excluding carboxylic acids is 2. The summed E-state index contributed by atoms with van der Waals surface area (Å²) < 4.78 is 44.1. The number of amides is 2. The van der Waals surface area contributed by atoms with Crippen LogP contribution in [0.5, 0.6) is 0 Å². The van der Waals surface area contributed by atoms with Gasteiger partial charge in [0.15, 0.2) is 5.65 Å². The summed E-state index contributed by atoms with van der Waals surface area (Å²) >= 11 is 6.62. The Morgan fingerprint density at radius 1 is 1.21 bits per heavy atom. The number of pyridine rings is 1. The lowest BCUT2D eigenvalue weighted by atomic mass is 9.92. The van der Waals surface area contributed by atoms with Crippen molar-refractivity contribution in [3.63, 3.8) is 0 Å². The lowest BCUT2D eigenvalue weighted by Crippen LogP contribution is -2.45. The van der Waals surface area contributed by atoms with Gasteiger partial charge in [-0.3, -0.25) is 23.8 Å². The second-order valence-corrected chi connectivity index (χ2v) is 11.3. The lowest BCUT2D eigenvalue weighted by Gasteiger charge is -2.33. The molecule has 42 heavy (non-hydrogen) atoms. The van der Waals surface area contributed by atoms with E-state index in [1.54, 1.807) is 38.7 Å². The number of aromatic amines is 1. The Hall–Kier alpha value is -3.87. The first kappa shape index (κ1) is 28.3. The van der Waals surface area contributed by atoms with E-state index in [1.165, 1.54) is 0 Å². The molecule has 1 fully saturated rings. The van der Waals surface area contributed by atoms with Crippen LogP contribution < -0.4 is 16.3 Å². The van der Waals surface area contributed by atoms with Crippen molar-refractivity contribution in [2.24, 2.45) is 5.92 Å². The van der Waals surface area contributed by atoms with E-state index in [0.29, 0.717) is 70.4 Å². The van der Waals surface area contributed by atoms with Crippen LogP contribution in [0.2, 0.25) is 0 Å². The quantitative estimate of drug-likeness (QED) is 0.480. The number of fused-ring (bicyclic) bond motifs is 3. The highest BCUT2D eigenvalue weighted by Crippen LogP contribution is 2.33. The molecule has 14 heteroatoms. The first-order valence-electron chi connectivity index (χ1n) is 13.9. The number of H-pyrrole nitrogens is 1. The van der Waals surface area contributed by atoms with Crippen molar-refractivity contribution in [1.29, 1.82) is 0 Å². The van der Waals surface area contributed by atoms with Crippen molar-refractivity contribution in [2.45, 2.75) is 51.4 Å². The maximum atomic E-state index is 13.6. The van der Waals surface area contributed by atoms with Gasteiger partial charge in [-0.25, -0.2) is 9.78 Å². The molecule has 3 aliphatic rings. The van der Waals surface area contributed by atoms with Gasteiger partial charge in [-0.05, 0) is 43.0 Å². The van der Waals surface area contributed by atoms with Gasteiger partial charge in [0.2, 0.25) is 11.8 Å². The number of hydrogen-bond donors (Lipinski definition) is 1. The summed E-state index contributed by atoms with van der Waals surface area (Å²) in [5.41, 5.74) is 2.13. The molecule has 10 nitrogen and oxygen atoms in total. The highest BCUT2D eigenvalue weighted by molar-refractivity contribution is 6.45. The summed E-state index contributed by atoms with van der Waals surface area (Å²) in [6.07, 6.45) is 1.19. The second-order valence-electron chi connectivity index (χ2n) is 10.9. The first-order valence-corrected chi connectivity index (χ1v) is 14.2. The fraction of sp³-hybridized carbons (Fsp3) is 0.464. The van der Waals surface area contributed by atoms with E-state index in [2.05, 4.69) is 15.1 Å². The number of aryl methyl sites for hydroxylation is 1. The van der Waals surface area contributed by atoms with Crippen LogP contribution in [-0.2, 0) is 16.1 Å². The number of imidazole rings is 1. The minimum Gasteiger partial charge on any atom is -0.343 e. The van der Waals surface area contributed by atoms with Gasteiger partial charge in [-0.15, -0.1) is 0 Å². The molecule has 6 rings (SSSR count).